The summed E-state index contributed by atoms with van der Waals surface area (Å²) in [5, 5.41) is 2.90. The van der Waals surface area contributed by atoms with E-state index in [-0.39, 0.29) is 13.0 Å². The molecule has 1 aromatic carbocycles. The van der Waals surface area contributed by atoms with Crippen molar-refractivity contribution in [3.05, 3.63) is 30.0 Å². The lowest BCUT2D eigenvalue weighted by Gasteiger charge is -2.10. The Bertz CT molecular complexity index is 567. The molecule has 102 valence electrons. The average molecular weight is 269 g/mol. The SMILES string of the molecule is Cc1nc2ccccc2nc1NCCCC(F)(F)F. The summed E-state index contributed by atoms with van der Waals surface area (Å²) in [6.45, 7) is 2.01. The molecule has 0 radical (unpaired) electrons. The van der Waals surface area contributed by atoms with Crippen LogP contribution in [0.25, 0.3) is 11.0 Å². The first-order valence-corrected chi connectivity index (χ1v) is 6.00. The highest BCUT2D eigenvalue weighted by atomic mass is 19.4. The van der Waals surface area contributed by atoms with E-state index in [9.17, 15) is 13.2 Å². The molecule has 0 unspecified atom stereocenters. The van der Waals surface area contributed by atoms with Gasteiger partial charge in [-0.15, -0.1) is 0 Å². The van der Waals surface area contributed by atoms with Crippen LogP contribution in [-0.2, 0) is 0 Å². The Balaban J connectivity index is 2.02. The molecule has 1 heterocycles. The van der Waals surface area contributed by atoms with Crippen LogP contribution in [0.1, 0.15) is 18.5 Å². The summed E-state index contributed by atoms with van der Waals surface area (Å²) in [5.41, 5.74) is 2.19. The van der Waals surface area contributed by atoms with Crippen molar-refractivity contribution in [2.24, 2.45) is 0 Å². The third-order valence-electron chi connectivity index (χ3n) is 2.67. The van der Waals surface area contributed by atoms with Gasteiger partial charge in [-0.3, -0.25) is 0 Å². The van der Waals surface area contributed by atoms with Crippen LogP contribution in [-0.4, -0.2) is 22.7 Å². The van der Waals surface area contributed by atoms with Crippen LogP contribution in [0, 0.1) is 6.92 Å². The predicted octanol–water partition coefficient (Wildman–Crippen LogP) is 3.69. The number of para-hydroxylation sites is 2. The molecule has 0 aliphatic carbocycles. The fourth-order valence-corrected chi connectivity index (χ4v) is 1.75. The van der Waals surface area contributed by atoms with Gasteiger partial charge in [0.1, 0.15) is 5.82 Å². The zero-order valence-electron chi connectivity index (χ0n) is 10.5. The van der Waals surface area contributed by atoms with Crippen molar-refractivity contribution < 1.29 is 13.2 Å². The number of anilines is 1. The fraction of sp³-hybridized carbons (Fsp3) is 0.385. The van der Waals surface area contributed by atoms with Crippen molar-refractivity contribution in [3.8, 4) is 0 Å². The third-order valence-corrected chi connectivity index (χ3v) is 2.67. The molecule has 0 saturated carbocycles. The predicted molar refractivity (Wildman–Crippen MR) is 68.1 cm³/mol. The normalized spacial score (nSPS) is 11.8. The van der Waals surface area contributed by atoms with Crippen molar-refractivity contribution in [3.63, 3.8) is 0 Å². The van der Waals surface area contributed by atoms with Crippen molar-refractivity contribution in [2.75, 3.05) is 11.9 Å². The number of rotatable bonds is 4. The van der Waals surface area contributed by atoms with E-state index >= 15 is 0 Å². The Morgan fingerprint density at radius 2 is 1.74 bits per heavy atom. The molecule has 0 saturated heterocycles. The second kappa shape index (κ2) is 5.42. The van der Waals surface area contributed by atoms with Crippen LogP contribution in [0.5, 0.6) is 0 Å². The number of aryl methyl sites for hydroxylation is 1. The third kappa shape index (κ3) is 3.81. The molecule has 0 aliphatic heterocycles. The van der Waals surface area contributed by atoms with E-state index in [0.717, 1.165) is 11.0 Å². The Labute approximate surface area is 108 Å². The molecule has 0 spiro atoms. The molecule has 1 N–H and O–H groups in total. The van der Waals surface area contributed by atoms with Crippen LogP contribution in [0.3, 0.4) is 0 Å². The van der Waals surface area contributed by atoms with Crippen molar-refractivity contribution in [1.29, 1.82) is 0 Å². The van der Waals surface area contributed by atoms with Gasteiger partial charge in [0, 0.05) is 13.0 Å². The number of hydrogen-bond donors (Lipinski definition) is 1. The van der Waals surface area contributed by atoms with E-state index in [0.29, 0.717) is 11.5 Å². The van der Waals surface area contributed by atoms with Gasteiger partial charge in [0.2, 0.25) is 0 Å². The lowest BCUT2D eigenvalue weighted by atomic mass is 10.2. The summed E-state index contributed by atoms with van der Waals surface area (Å²) in [6, 6.07) is 7.39. The largest absolute Gasteiger partial charge is 0.389 e. The summed E-state index contributed by atoms with van der Waals surface area (Å²) in [4.78, 5) is 8.71. The van der Waals surface area contributed by atoms with E-state index in [1.807, 2.05) is 24.3 Å². The van der Waals surface area contributed by atoms with E-state index in [1.54, 1.807) is 6.92 Å². The van der Waals surface area contributed by atoms with Crippen molar-refractivity contribution >= 4 is 16.9 Å². The molecule has 0 bridgehead atoms. The Kier molecular flexibility index (Phi) is 3.87. The van der Waals surface area contributed by atoms with Crippen molar-refractivity contribution in [2.45, 2.75) is 25.9 Å². The summed E-state index contributed by atoms with van der Waals surface area (Å²) < 4.78 is 36.0. The van der Waals surface area contributed by atoms with Crippen LogP contribution in [0.15, 0.2) is 24.3 Å². The monoisotopic (exact) mass is 269 g/mol. The number of hydrogen-bond acceptors (Lipinski definition) is 3. The lowest BCUT2D eigenvalue weighted by Crippen LogP contribution is -2.12. The molecule has 2 rings (SSSR count). The maximum absolute atomic E-state index is 12.0. The van der Waals surface area contributed by atoms with Gasteiger partial charge in [0.15, 0.2) is 0 Å². The van der Waals surface area contributed by atoms with Gasteiger partial charge < -0.3 is 5.32 Å². The lowest BCUT2D eigenvalue weighted by molar-refractivity contribution is -0.134. The van der Waals surface area contributed by atoms with E-state index in [2.05, 4.69) is 15.3 Å². The maximum atomic E-state index is 12.0. The molecule has 0 atom stereocenters. The fourth-order valence-electron chi connectivity index (χ4n) is 1.75. The summed E-state index contributed by atoms with van der Waals surface area (Å²) in [6.07, 6.45) is -4.87. The molecule has 0 fully saturated rings. The first kappa shape index (κ1) is 13.6. The number of alkyl halides is 3. The molecule has 0 aliphatic rings. The summed E-state index contributed by atoms with van der Waals surface area (Å²) >= 11 is 0. The molecule has 6 heteroatoms. The topological polar surface area (TPSA) is 37.8 Å². The van der Waals surface area contributed by atoms with Crippen LogP contribution in [0.4, 0.5) is 19.0 Å². The number of nitrogens with one attached hydrogen (secondary N) is 1. The first-order valence-electron chi connectivity index (χ1n) is 6.00. The molecule has 0 amide bonds. The first-order chi connectivity index (χ1) is 8.96. The van der Waals surface area contributed by atoms with Crippen LogP contribution in [0.2, 0.25) is 0 Å². The van der Waals surface area contributed by atoms with Gasteiger partial charge in [0.05, 0.1) is 16.7 Å². The van der Waals surface area contributed by atoms with E-state index in [4.69, 9.17) is 0 Å². The Hall–Kier alpha value is -1.85. The highest BCUT2D eigenvalue weighted by Gasteiger charge is 2.25. The van der Waals surface area contributed by atoms with Gasteiger partial charge in [-0.05, 0) is 25.5 Å². The molecule has 3 nitrogen and oxygen atoms in total. The number of fused-ring (bicyclic) bond motifs is 1. The Morgan fingerprint density at radius 3 is 2.37 bits per heavy atom. The van der Waals surface area contributed by atoms with Crippen LogP contribution < -0.4 is 5.32 Å². The zero-order valence-corrected chi connectivity index (χ0v) is 10.5. The van der Waals surface area contributed by atoms with Gasteiger partial charge in [-0.25, -0.2) is 9.97 Å². The zero-order chi connectivity index (χ0) is 13.9. The van der Waals surface area contributed by atoms with E-state index < -0.39 is 12.6 Å². The molecule has 19 heavy (non-hydrogen) atoms. The molecule has 2 aromatic rings. The van der Waals surface area contributed by atoms with Gasteiger partial charge in [-0.2, -0.15) is 13.2 Å². The number of benzene rings is 1. The highest BCUT2D eigenvalue weighted by Crippen LogP contribution is 2.21. The van der Waals surface area contributed by atoms with E-state index in [1.165, 1.54) is 0 Å². The molecular formula is C13H14F3N3. The number of nitrogens with zero attached hydrogens (tertiary/aromatic N) is 2. The average Bonchev–Trinajstić information content (AvgIpc) is 2.33. The minimum atomic E-state index is -4.11. The minimum Gasteiger partial charge on any atom is -0.369 e. The summed E-state index contributed by atoms with van der Waals surface area (Å²) in [5.74, 6) is 0.542. The Morgan fingerprint density at radius 1 is 1.11 bits per heavy atom. The molecular weight excluding hydrogens is 255 g/mol. The highest BCUT2D eigenvalue weighted by molar-refractivity contribution is 5.76. The smallest absolute Gasteiger partial charge is 0.369 e. The maximum Gasteiger partial charge on any atom is 0.389 e. The number of halogens is 3. The minimum absolute atomic E-state index is 0.0252. The van der Waals surface area contributed by atoms with Gasteiger partial charge in [0.25, 0.3) is 0 Å². The quantitative estimate of drug-likeness (QED) is 0.860. The van der Waals surface area contributed by atoms with Gasteiger partial charge in [-0.1, -0.05) is 12.1 Å². The number of aromatic nitrogens is 2. The van der Waals surface area contributed by atoms with Gasteiger partial charge >= 0.3 is 6.18 Å². The second-order valence-corrected chi connectivity index (χ2v) is 4.29. The summed E-state index contributed by atoms with van der Waals surface area (Å²) in [7, 11) is 0. The second-order valence-electron chi connectivity index (χ2n) is 4.29. The van der Waals surface area contributed by atoms with Crippen LogP contribution >= 0.6 is 0 Å². The standard InChI is InChI=1S/C13H14F3N3/c1-9-12(17-8-4-7-13(14,15)16)19-11-6-3-2-5-10(11)18-9/h2-3,5-6H,4,7-8H2,1H3,(H,17,19). The molecule has 1 aromatic heterocycles. The van der Waals surface area contributed by atoms with Crippen molar-refractivity contribution in [1.82, 2.24) is 9.97 Å².